The summed E-state index contributed by atoms with van der Waals surface area (Å²) in [7, 11) is -3.09. The Bertz CT molecular complexity index is 1030. The van der Waals surface area contributed by atoms with E-state index in [-0.39, 0.29) is 23.9 Å². The second-order valence-electron chi connectivity index (χ2n) is 6.16. The third kappa shape index (κ3) is 4.21. The van der Waals surface area contributed by atoms with Gasteiger partial charge in [-0.2, -0.15) is 9.97 Å². The number of imidazole rings is 1. The maximum absolute atomic E-state index is 14.5. The first-order valence-corrected chi connectivity index (χ1v) is 10.1. The molecule has 2 N–H and O–H groups in total. The first kappa shape index (κ1) is 21.5. The Morgan fingerprint density at radius 1 is 1.41 bits per heavy atom. The Hall–Kier alpha value is -2.25. The number of hydrogen-bond acceptors (Lipinski definition) is 7. The molecule has 0 saturated carbocycles. The van der Waals surface area contributed by atoms with Gasteiger partial charge in [0.1, 0.15) is 6.10 Å². The lowest BCUT2D eigenvalue weighted by molar-refractivity contribution is 0.0767. The highest BCUT2D eigenvalue weighted by Gasteiger charge is 2.38. The van der Waals surface area contributed by atoms with E-state index >= 15 is 0 Å². The second kappa shape index (κ2) is 7.88. The lowest BCUT2D eigenvalue weighted by Gasteiger charge is -2.31. The molecule has 0 amide bonds. The SMILES string of the molecule is COc1nc(OCC(F)F)c(F)cc1C1CC(C)Oc2nc(Cl)c(S(N)(=O)=O)n21. The van der Waals surface area contributed by atoms with Crippen LogP contribution in [0.1, 0.15) is 24.9 Å². The first-order chi connectivity index (χ1) is 13.5. The van der Waals surface area contributed by atoms with E-state index in [1.54, 1.807) is 6.92 Å². The average molecular weight is 457 g/mol. The fourth-order valence-electron chi connectivity index (χ4n) is 3.01. The smallest absolute Gasteiger partial charge is 0.299 e. The monoisotopic (exact) mass is 456 g/mol. The minimum absolute atomic E-state index is 0.102. The predicted octanol–water partition coefficient (Wildman–Crippen LogP) is 2.13. The first-order valence-electron chi connectivity index (χ1n) is 8.15. The van der Waals surface area contributed by atoms with Crippen LogP contribution in [-0.2, 0) is 10.0 Å². The Balaban J connectivity index is 2.16. The molecule has 0 radical (unpaired) electrons. The van der Waals surface area contributed by atoms with Gasteiger partial charge in [-0.05, 0) is 13.0 Å². The van der Waals surface area contributed by atoms with Gasteiger partial charge in [-0.3, -0.25) is 4.57 Å². The van der Waals surface area contributed by atoms with Gasteiger partial charge in [0.05, 0.1) is 13.2 Å². The highest BCUT2D eigenvalue weighted by Crippen LogP contribution is 2.42. The average Bonchev–Trinajstić information content (AvgIpc) is 2.95. The summed E-state index contributed by atoms with van der Waals surface area (Å²) >= 11 is 5.94. The van der Waals surface area contributed by atoms with E-state index in [0.29, 0.717) is 0 Å². The molecule has 14 heteroatoms. The van der Waals surface area contributed by atoms with Crippen molar-refractivity contribution in [2.45, 2.75) is 36.9 Å². The largest absolute Gasteiger partial charge is 0.481 e. The molecule has 0 saturated heterocycles. The van der Waals surface area contributed by atoms with Crippen molar-refractivity contribution in [1.82, 2.24) is 14.5 Å². The normalized spacial score (nSPS) is 19.0. The minimum atomic E-state index is -4.32. The topological polar surface area (TPSA) is 119 Å². The number of primary sulfonamides is 1. The molecule has 3 heterocycles. The summed E-state index contributed by atoms with van der Waals surface area (Å²) in [4.78, 5) is 7.67. The number of rotatable bonds is 6. The maximum Gasteiger partial charge on any atom is 0.299 e. The second-order valence-corrected chi connectivity index (χ2v) is 8.00. The van der Waals surface area contributed by atoms with Crippen LogP contribution in [0.3, 0.4) is 0 Å². The standard InChI is InChI=1S/C15H16ClF3N4O5S/c1-6-3-9(23-14(29(20,24)25)11(16)21-15(23)28-6)7-4-8(17)13(22-12(7)26-2)27-5-10(18)19/h4,6,9-10H,3,5H2,1-2H3,(H2,20,24,25). The molecule has 0 aromatic carbocycles. The van der Waals surface area contributed by atoms with Crippen molar-refractivity contribution in [3.8, 4) is 17.8 Å². The van der Waals surface area contributed by atoms with E-state index in [2.05, 4.69) is 14.7 Å². The van der Waals surface area contributed by atoms with Crippen molar-refractivity contribution in [3.63, 3.8) is 0 Å². The summed E-state index contributed by atoms with van der Waals surface area (Å²) in [6.45, 7) is 0.629. The van der Waals surface area contributed by atoms with E-state index in [0.717, 1.165) is 10.6 Å². The van der Waals surface area contributed by atoms with Crippen LogP contribution in [0.25, 0.3) is 0 Å². The number of aromatic nitrogens is 3. The minimum Gasteiger partial charge on any atom is -0.481 e. The predicted molar refractivity (Wildman–Crippen MR) is 93.7 cm³/mol. The van der Waals surface area contributed by atoms with E-state index < -0.39 is 57.1 Å². The van der Waals surface area contributed by atoms with Gasteiger partial charge in [0.25, 0.3) is 28.3 Å². The summed E-state index contributed by atoms with van der Waals surface area (Å²) in [5.41, 5.74) is 0.102. The highest BCUT2D eigenvalue weighted by atomic mass is 35.5. The summed E-state index contributed by atoms with van der Waals surface area (Å²) in [6, 6.07) is -0.0635. The Kier molecular flexibility index (Phi) is 5.83. The Morgan fingerprint density at radius 3 is 2.69 bits per heavy atom. The summed E-state index contributed by atoms with van der Waals surface area (Å²) in [6.07, 6.45) is -3.12. The molecule has 9 nitrogen and oxygen atoms in total. The maximum atomic E-state index is 14.5. The zero-order chi connectivity index (χ0) is 21.5. The number of fused-ring (bicyclic) bond motifs is 1. The van der Waals surface area contributed by atoms with Crippen LogP contribution in [0, 0.1) is 5.82 Å². The quantitative estimate of drug-likeness (QED) is 0.707. The molecule has 0 spiro atoms. The van der Waals surface area contributed by atoms with Gasteiger partial charge >= 0.3 is 0 Å². The van der Waals surface area contributed by atoms with Gasteiger partial charge in [-0.15, -0.1) is 0 Å². The Morgan fingerprint density at radius 2 is 2.10 bits per heavy atom. The van der Waals surface area contributed by atoms with Crippen molar-refractivity contribution in [3.05, 3.63) is 22.6 Å². The zero-order valence-electron chi connectivity index (χ0n) is 15.1. The molecule has 0 fully saturated rings. The molecule has 0 aliphatic carbocycles. The van der Waals surface area contributed by atoms with Gasteiger partial charge in [-0.25, -0.2) is 26.7 Å². The number of alkyl halides is 2. The van der Waals surface area contributed by atoms with Gasteiger partial charge in [0.2, 0.25) is 5.88 Å². The van der Waals surface area contributed by atoms with Crippen LogP contribution in [0.4, 0.5) is 13.2 Å². The summed E-state index contributed by atoms with van der Waals surface area (Å²) < 4.78 is 79.7. The zero-order valence-corrected chi connectivity index (χ0v) is 16.7. The molecular formula is C15H16ClF3N4O5S. The lowest BCUT2D eigenvalue weighted by atomic mass is 10.0. The molecule has 2 atom stereocenters. The van der Waals surface area contributed by atoms with E-state index in [9.17, 15) is 21.6 Å². The molecule has 1 aliphatic heterocycles. The third-order valence-electron chi connectivity index (χ3n) is 4.07. The highest BCUT2D eigenvalue weighted by molar-refractivity contribution is 7.89. The number of nitrogens with zero attached hydrogens (tertiary/aromatic N) is 3. The lowest BCUT2D eigenvalue weighted by Crippen LogP contribution is -2.31. The van der Waals surface area contributed by atoms with Crippen LogP contribution in [-0.4, -0.2) is 49.2 Å². The van der Waals surface area contributed by atoms with Gasteiger partial charge in [0, 0.05) is 12.0 Å². The van der Waals surface area contributed by atoms with Crippen molar-refractivity contribution < 1.29 is 35.8 Å². The van der Waals surface area contributed by atoms with Crippen LogP contribution in [0.5, 0.6) is 17.8 Å². The molecular weight excluding hydrogens is 441 g/mol. The fourth-order valence-corrected chi connectivity index (χ4v) is 4.26. The van der Waals surface area contributed by atoms with Crippen molar-refractivity contribution >= 4 is 21.6 Å². The molecule has 2 aromatic rings. The fraction of sp³-hybridized carbons (Fsp3) is 0.467. The molecule has 29 heavy (non-hydrogen) atoms. The van der Waals surface area contributed by atoms with Gasteiger partial charge in [0.15, 0.2) is 22.6 Å². The number of sulfonamides is 1. The van der Waals surface area contributed by atoms with E-state index in [4.69, 9.17) is 26.2 Å². The molecule has 3 rings (SSSR count). The summed E-state index contributed by atoms with van der Waals surface area (Å²) in [5, 5.41) is 4.32. The molecule has 1 aliphatic rings. The van der Waals surface area contributed by atoms with E-state index in [1.807, 2.05) is 0 Å². The number of nitrogens with two attached hydrogens (primary N) is 1. The summed E-state index contributed by atoms with van der Waals surface area (Å²) in [5.74, 6) is -1.88. The van der Waals surface area contributed by atoms with Crippen molar-refractivity contribution in [2.75, 3.05) is 13.7 Å². The molecule has 160 valence electrons. The van der Waals surface area contributed by atoms with Gasteiger partial charge < -0.3 is 14.2 Å². The van der Waals surface area contributed by atoms with Crippen LogP contribution in [0.2, 0.25) is 5.15 Å². The molecule has 0 bridgehead atoms. The van der Waals surface area contributed by atoms with Gasteiger partial charge in [-0.1, -0.05) is 11.6 Å². The van der Waals surface area contributed by atoms with Crippen molar-refractivity contribution in [1.29, 1.82) is 0 Å². The number of halogens is 4. The van der Waals surface area contributed by atoms with Crippen LogP contribution >= 0.6 is 11.6 Å². The van der Waals surface area contributed by atoms with Crippen LogP contribution in [0.15, 0.2) is 11.1 Å². The number of methoxy groups -OCH3 is 1. The molecule has 2 unspecified atom stereocenters. The van der Waals surface area contributed by atoms with E-state index in [1.165, 1.54) is 7.11 Å². The van der Waals surface area contributed by atoms with Crippen LogP contribution < -0.4 is 19.3 Å². The number of hydrogen-bond donors (Lipinski definition) is 1. The molecule has 2 aromatic heterocycles. The Labute approximate surface area is 168 Å². The third-order valence-corrected chi connectivity index (χ3v) is 5.38. The number of pyridine rings is 1. The number of ether oxygens (including phenoxy) is 3. The van der Waals surface area contributed by atoms with Crippen molar-refractivity contribution in [2.24, 2.45) is 5.14 Å².